The lowest BCUT2D eigenvalue weighted by Gasteiger charge is -2.36. The van der Waals surface area contributed by atoms with Crippen LogP contribution in [-0.4, -0.2) is 68.7 Å². The van der Waals surface area contributed by atoms with Gasteiger partial charge in [0.25, 0.3) is 0 Å². The topological polar surface area (TPSA) is 76.7 Å². The summed E-state index contributed by atoms with van der Waals surface area (Å²) in [6.07, 6.45) is 0.888. The molecule has 1 atom stereocenters. The number of likely N-dealkylation sites (N-methyl/N-ethyl adjacent to an activating group) is 1. The first kappa shape index (κ1) is 21.0. The molecule has 0 bridgehead atoms. The van der Waals surface area contributed by atoms with Gasteiger partial charge in [-0.15, -0.1) is 0 Å². The molecule has 0 radical (unpaired) electrons. The number of amides is 3. The van der Waals surface area contributed by atoms with Gasteiger partial charge in [-0.3, -0.25) is 9.69 Å². The minimum atomic E-state index is -0.294. The molecule has 0 aromatic heterocycles. The minimum absolute atomic E-state index is 0.00726. The number of urea groups is 1. The van der Waals surface area contributed by atoms with E-state index in [2.05, 4.69) is 56.9 Å². The van der Waals surface area contributed by atoms with Crippen molar-refractivity contribution in [1.29, 1.82) is 0 Å². The van der Waals surface area contributed by atoms with Gasteiger partial charge >= 0.3 is 6.03 Å². The molecule has 3 amide bonds. The van der Waals surface area contributed by atoms with Crippen LogP contribution in [-0.2, 0) is 4.79 Å². The molecule has 7 heteroatoms. The van der Waals surface area contributed by atoms with Crippen molar-refractivity contribution in [2.24, 2.45) is 0 Å². The van der Waals surface area contributed by atoms with E-state index in [0.717, 1.165) is 39.1 Å². The van der Waals surface area contributed by atoms with Gasteiger partial charge in [0.1, 0.15) is 0 Å². The van der Waals surface area contributed by atoms with Crippen molar-refractivity contribution in [2.75, 3.05) is 50.7 Å². The fourth-order valence-electron chi connectivity index (χ4n) is 3.20. The summed E-state index contributed by atoms with van der Waals surface area (Å²) in [5, 5.41) is 8.12. The number of anilines is 1. The van der Waals surface area contributed by atoms with E-state index in [1.807, 2.05) is 13.8 Å². The fourth-order valence-corrected chi connectivity index (χ4v) is 3.20. The summed E-state index contributed by atoms with van der Waals surface area (Å²) in [6.45, 7) is 11.6. The van der Waals surface area contributed by atoms with Crippen molar-refractivity contribution in [1.82, 2.24) is 20.9 Å². The molecule has 150 valence electrons. The van der Waals surface area contributed by atoms with Crippen molar-refractivity contribution >= 4 is 17.6 Å². The molecule has 0 saturated carbocycles. The Morgan fingerprint density at radius 2 is 1.89 bits per heavy atom. The lowest BCUT2D eigenvalue weighted by Crippen LogP contribution is -2.48. The van der Waals surface area contributed by atoms with E-state index in [0.29, 0.717) is 6.54 Å². The number of carbonyl (C=O) groups is 2. The maximum atomic E-state index is 11.8. The zero-order chi connectivity index (χ0) is 19.6. The van der Waals surface area contributed by atoms with Gasteiger partial charge in [0.15, 0.2) is 0 Å². The van der Waals surface area contributed by atoms with Gasteiger partial charge < -0.3 is 20.9 Å². The first-order valence-corrected chi connectivity index (χ1v) is 9.83. The highest BCUT2D eigenvalue weighted by molar-refractivity contribution is 5.83. The molecule has 7 nitrogen and oxygen atoms in total. The quantitative estimate of drug-likeness (QED) is 0.641. The second kappa shape index (κ2) is 10.8. The minimum Gasteiger partial charge on any atom is -0.369 e. The summed E-state index contributed by atoms with van der Waals surface area (Å²) < 4.78 is 0. The van der Waals surface area contributed by atoms with Crippen LogP contribution in [0.4, 0.5) is 10.5 Å². The highest BCUT2D eigenvalue weighted by Crippen LogP contribution is 2.17. The summed E-state index contributed by atoms with van der Waals surface area (Å²) in [6, 6.07) is 8.42. The second-order valence-corrected chi connectivity index (χ2v) is 7.14. The molecule has 1 aromatic carbocycles. The number of rotatable bonds is 8. The maximum Gasteiger partial charge on any atom is 0.315 e. The Kier molecular flexibility index (Phi) is 8.39. The predicted molar refractivity (Wildman–Crippen MR) is 109 cm³/mol. The molecule has 1 heterocycles. The van der Waals surface area contributed by atoms with Crippen LogP contribution in [0.25, 0.3) is 0 Å². The SMILES string of the molecule is CCNC(=O)CNC(=O)NC(C)CCN1CCN(c2cccc(C)c2)CC1. The Balaban J connectivity index is 1.63. The molecular formula is C20H33N5O2. The Morgan fingerprint density at radius 3 is 2.56 bits per heavy atom. The lowest BCUT2D eigenvalue weighted by molar-refractivity contribution is -0.119. The highest BCUT2D eigenvalue weighted by atomic mass is 16.2. The Bertz CT molecular complexity index is 614. The fraction of sp³-hybridized carbons (Fsp3) is 0.600. The Labute approximate surface area is 162 Å². The third-order valence-corrected chi connectivity index (χ3v) is 4.78. The standard InChI is InChI=1S/C20H33N5O2/c1-4-21-19(26)15-22-20(27)23-17(3)8-9-24-10-12-25(13-11-24)18-7-5-6-16(2)14-18/h5-7,14,17H,4,8-13,15H2,1-3H3,(H,21,26)(H2,22,23,27). The summed E-state index contributed by atoms with van der Waals surface area (Å²) in [5.41, 5.74) is 2.59. The highest BCUT2D eigenvalue weighted by Gasteiger charge is 2.18. The van der Waals surface area contributed by atoms with Crippen LogP contribution in [0.1, 0.15) is 25.8 Å². The number of nitrogens with one attached hydrogen (secondary N) is 3. The van der Waals surface area contributed by atoms with Gasteiger partial charge in [0.05, 0.1) is 6.54 Å². The van der Waals surface area contributed by atoms with Crippen molar-refractivity contribution in [3.8, 4) is 0 Å². The maximum absolute atomic E-state index is 11.8. The van der Waals surface area contributed by atoms with Crippen LogP contribution in [0.15, 0.2) is 24.3 Å². The van der Waals surface area contributed by atoms with Gasteiger partial charge in [0, 0.05) is 51.0 Å². The summed E-state index contributed by atoms with van der Waals surface area (Å²) in [7, 11) is 0. The monoisotopic (exact) mass is 375 g/mol. The van der Waals surface area contributed by atoms with Crippen molar-refractivity contribution in [3.05, 3.63) is 29.8 Å². The van der Waals surface area contributed by atoms with Gasteiger partial charge in [-0.05, 0) is 44.9 Å². The number of nitrogens with zero attached hydrogens (tertiary/aromatic N) is 2. The van der Waals surface area contributed by atoms with E-state index >= 15 is 0 Å². The van der Waals surface area contributed by atoms with Crippen molar-refractivity contribution < 1.29 is 9.59 Å². The summed E-state index contributed by atoms with van der Waals surface area (Å²) in [4.78, 5) is 28.0. The smallest absolute Gasteiger partial charge is 0.315 e. The molecule has 3 N–H and O–H groups in total. The molecular weight excluding hydrogens is 342 g/mol. The van der Waals surface area contributed by atoms with Crippen LogP contribution in [0.2, 0.25) is 0 Å². The molecule has 1 aliphatic heterocycles. The average molecular weight is 376 g/mol. The van der Waals surface area contributed by atoms with E-state index < -0.39 is 0 Å². The van der Waals surface area contributed by atoms with Gasteiger partial charge in [-0.25, -0.2) is 4.79 Å². The van der Waals surface area contributed by atoms with Crippen LogP contribution < -0.4 is 20.9 Å². The number of piperazine rings is 1. The zero-order valence-electron chi connectivity index (χ0n) is 16.8. The lowest BCUT2D eigenvalue weighted by atomic mass is 10.1. The number of carbonyl (C=O) groups excluding carboxylic acids is 2. The van der Waals surface area contributed by atoms with E-state index in [-0.39, 0.29) is 24.5 Å². The first-order chi connectivity index (χ1) is 13.0. The Morgan fingerprint density at radius 1 is 1.15 bits per heavy atom. The van der Waals surface area contributed by atoms with Crippen LogP contribution in [0.3, 0.4) is 0 Å². The molecule has 1 saturated heterocycles. The number of benzene rings is 1. The van der Waals surface area contributed by atoms with E-state index in [4.69, 9.17) is 0 Å². The number of hydrogen-bond donors (Lipinski definition) is 3. The number of aryl methyl sites for hydroxylation is 1. The predicted octanol–water partition coefficient (Wildman–Crippen LogP) is 1.33. The Hall–Kier alpha value is -2.28. The zero-order valence-corrected chi connectivity index (χ0v) is 16.8. The molecule has 2 rings (SSSR count). The third-order valence-electron chi connectivity index (χ3n) is 4.78. The molecule has 1 aromatic rings. The summed E-state index contributed by atoms with van der Waals surface area (Å²) in [5.74, 6) is -0.174. The second-order valence-electron chi connectivity index (χ2n) is 7.14. The first-order valence-electron chi connectivity index (χ1n) is 9.83. The van der Waals surface area contributed by atoms with Crippen molar-refractivity contribution in [3.63, 3.8) is 0 Å². The van der Waals surface area contributed by atoms with Gasteiger partial charge in [-0.2, -0.15) is 0 Å². The van der Waals surface area contributed by atoms with Crippen LogP contribution in [0, 0.1) is 6.92 Å². The van der Waals surface area contributed by atoms with Crippen molar-refractivity contribution in [2.45, 2.75) is 33.2 Å². The largest absolute Gasteiger partial charge is 0.369 e. The van der Waals surface area contributed by atoms with E-state index in [1.54, 1.807) is 0 Å². The molecule has 0 spiro atoms. The average Bonchev–Trinajstić information content (AvgIpc) is 2.65. The molecule has 1 fully saturated rings. The van der Waals surface area contributed by atoms with Gasteiger partial charge in [0.2, 0.25) is 5.91 Å². The van der Waals surface area contributed by atoms with E-state index in [1.165, 1.54) is 11.3 Å². The third kappa shape index (κ3) is 7.46. The molecule has 0 aliphatic carbocycles. The van der Waals surface area contributed by atoms with E-state index in [9.17, 15) is 9.59 Å². The van der Waals surface area contributed by atoms with Crippen LogP contribution >= 0.6 is 0 Å². The molecule has 1 unspecified atom stereocenters. The van der Waals surface area contributed by atoms with Gasteiger partial charge in [-0.1, -0.05) is 12.1 Å². The molecule has 27 heavy (non-hydrogen) atoms. The normalized spacial score (nSPS) is 15.9. The number of hydrogen-bond acceptors (Lipinski definition) is 4. The summed E-state index contributed by atoms with van der Waals surface area (Å²) >= 11 is 0. The van der Waals surface area contributed by atoms with Crippen LogP contribution in [0.5, 0.6) is 0 Å². The molecule has 1 aliphatic rings.